The monoisotopic (exact) mass is 188 g/mol. The molecular weight excluding hydrogens is 180 g/mol. The van der Waals surface area contributed by atoms with Gasteiger partial charge in [0.25, 0.3) is 10.1 Å². The second kappa shape index (κ2) is 4.43. The highest BCUT2D eigenvalue weighted by molar-refractivity contribution is 8.77. The van der Waals surface area contributed by atoms with Gasteiger partial charge in [-0.2, -0.15) is 8.42 Å². The molecule has 3 nitrogen and oxygen atoms in total. The molecule has 0 unspecified atom stereocenters. The zero-order valence-electron chi connectivity index (χ0n) is 4.90. The van der Waals surface area contributed by atoms with Gasteiger partial charge in [-0.1, -0.05) is 28.5 Å². The molecule has 0 radical (unpaired) electrons. The Bertz CT molecular complexity index is 150. The van der Waals surface area contributed by atoms with E-state index < -0.39 is 10.1 Å². The third-order valence-corrected chi connectivity index (χ3v) is 4.45. The molecule has 0 amide bonds. The molecule has 0 aromatic heterocycles. The van der Waals surface area contributed by atoms with Crippen LogP contribution < -0.4 is 0 Å². The van der Waals surface area contributed by atoms with Gasteiger partial charge in [-0.15, -0.1) is 0 Å². The lowest BCUT2D eigenvalue weighted by atomic mass is 11.0. The largest absolute Gasteiger partial charge is 0.285 e. The quantitative estimate of drug-likeness (QED) is 0.408. The van der Waals surface area contributed by atoms with Crippen LogP contribution in [-0.4, -0.2) is 23.8 Å². The van der Waals surface area contributed by atoms with E-state index in [1.807, 2.05) is 6.92 Å². The van der Waals surface area contributed by atoms with Crippen molar-refractivity contribution < 1.29 is 13.0 Å². The van der Waals surface area contributed by atoms with E-state index in [0.717, 1.165) is 16.5 Å². The first kappa shape index (κ1) is 9.61. The van der Waals surface area contributed by atoms with E-state index in [-0.39, 0.29) is 5.08 Å². The molecule has 0 rings (SSSR count). The zero-order valence-corrected chi connectivity index (χ0v) is 7.35. The van der Waals surface area contributed by atoms with Gasteiger partial charge >= 0.3 is 0 Å². The van der Waals surface area contributed by atoms with E-state index >= 15 is 0 Å². The minimum Gasteiger partial charge on any atom is -0.285 e. The number of rotatable bonds is 4. The molecule has 0 spiro atoms. The Morgan fingerprint density at radius 3 is 2.33 bits per heavy atom. The van der Waals surface area contributed by atoms with Crippen molar-refractivity contribution in [2.24, 2.45) is 0 Å². The van der Waals surface area contributed by atoms with Crippen LogP contribution in [-0.2, 0) is 10.1 Å². The Hall–Kier alpha value is 0.610. The molecule has 0 aliphatic carbocycles. The first-order valence-corrected chi connectivity index (χ1v) is 6.35. The van der Waals surface area contributed by atoms with E-state index in [0.29, 0.717) is 0 Å². The summed E-state index contributed by atoms with van der Waals surface area (Å²) in [6.45, 7) is 1.92. The van der Waals surface area contributed by atoms with E-state index in [4.69, 9.17) is 4.55 Å². The number of hydrogen-bond acceptors (Lipinski definition) is 4. The second-order valence-corrected chi connectivity index (χ2v) is 5.79. The summed E-state index contributed by atoms with van der Waals surface area (Å²) in [6, 6.07) is 0. The van der Waals surface area contributed by atoms with Gasteiger partial charge in [0.2, 0.25) is 0 Å². The van der Waals surface area contributed by atoms with Crippen LogP contribution in [0.2, 0.25) is 0 Å². The van der Waals surface area contributed by atoms with Crippen LogP contribution in [0.15, 0.2) is 0 Å². The average molecular weight is 188 g/mol. The maximum absolute atomic E-state index is 10.0. The summed E-state index contributed by atoms with van der Waals surface area (Å²) in [5.74, 6) is 0.847. The fourth-order valence-electron chi connectivity index (χ4n) is 0.178. The Kier molecular flexibility index (Phi) is 4.73. The first-order valence-electron chi connectivity index (χ1n) is 2.26. The third kappa shape index (κ3) is 8.61. The molecular formula is C3H8O3S3. The van der Waals surface area contributed by atoms with Gasteiger partial charge in [-0.05, 0) is 0 Å². The van der Waals surface area contributed by atoms with E-state index in [9.17, 15) is 8.42 Å². The lowest BCUT2D eigenvalue weighted by molar-refractivity contribution is 0.489. The predicted molar refractivity (Wildman–Crippen MR) is 42.1 cm³/mol. The molecule has 0 aliphatic heterocycles. The minimum atomic E-state index is -3.75. The van der Waals surface area contributed by atoms with Crippen LogP contribution >= 0.6 is 21.6 Å². The summed E-state index contributed by atoms with van der Waals surface area (Å²) in [5.41, 5.74) is 0. The summed E-state index contributed by atoms with van der Waals surface area (Å²) in [7, 11) is -1.20. The molecule has 1 N–H and O–H groups in total. The van der Waals surface area contributed by atoms with Crippen molar-refractivity contribution in [1.82, 2.24) is 0 Å². The van der Waals surface area contributed by atoms with Gasteiger partial charge in [-0.25, -0.2) is 0 Å². The SMILES string of the molecule is CCSSCS(=O)(=O)O. The molecule has 56 valence electrons. The Morgan fingerprint density at radius 1 is 1.44 bits per heavy atom. The van der Waals surface area contributed by atoms with Crippen LogP contribution in [0, 0.1) is 0 Å². The summed E-state index contributed by atoms with van der Waals surface area (Å²) in [5, 5.41) is -0.217. The summed E-state index contributed by atoms with van der Waals surface area (Å²) in [6.07, 6.45) is 0. The Balaban J connectivity index is 3.30. The van der Waals surface area contributed by atoms with E-state index in [2.05, 4.69) is 0 Å². The van der Waals surface area contributed by atoms with Crippen molar-refractivity contribution in [3.63, 3.8) is 0 Å². The standard InChI is InChI=1S/C3H8O3S3/c1-2-7-8-3-9(4,5)6/h2-3H2,1H3,(H,4,5,6). The maximum atomic E-state index is 10.0. The average Bonchev–Trinajstić information content (AvgIpc) is 1.63. The molecule has 0 saturated carbocycles. The molecule has 0 aromatic rings. The van der Waals surface area contributed by atoms with Gasteiger partial charge < -0.3 is 0 Å². The molecule has 0 saturated heterocycles. The van der Waals surface area contributed by atoms with Crippen LogP contribution in [0.4, 0.5) is 0 Å². The lowest BCUT2D eigenvalue weighted by Crippen LogP contribution is -1.98. The number of hydrogen-bond donors (Lipinski definition) is 1. The molecule has 0 aromatic carbocycles. The highest BCUT2D eigenvalue weighted by atomic mass is 33.1. The van der Waals surface area contributed by atoms with Crippen molar-refractivity contribution in [2.45, 2.75) is 6.92 Å². The van der Waals surface area contributed by atoms with Crippen LogP contribution in [0.25, 0.3) is 0 Å². The van der Waals surface area contributed by atoms with E-state index in [1.54, 1.807) is 0 Å². The van der Waals surface area contributed by atoms with Gasteiger partial charge in [-0.3, -0.25) is 4.55 Å². The second-order valence-electron chi connectivity index (χ2n) is 1.22. The van der Waals surface area contributed by atoms with Crippen molar-refractivity contribution >= 4 is 31.7 Å². The van der Waals surface area contributed by atoms with Gasteiger partial charge in [0.1, 0.15) is 5.08 Å². The topological polar surface area (TPSA) is 54.4 Å². The zero-order chi connectivity index (χ0) is 7.33. The molecule has 9 heavy (non-hydrogen) atoms. The minimum absolute atomic E-state index is 0.217. The van der Waals surface area contributed by atoms with Gasteiger partial charge in [0, 0.05) is 5.75 Å². The van der Waals surface area contributed by atoms with Gasteiger partial charge in [0.05, 0.1) is 0 Å². The van der Waals surface area contributed by atoms with E-state index in [1.165, 1.54) is 10.8 Å². The third-order valence-electron chi connectivity index (χ3n) is 0.398. The van der Waals surface area contributed by atoms with Crippen LogP contribution in [0.5, 0.6) is 0 Å². The summed E-state index contributed by atoms with van der Waals surface area (Å²) in [4.78, 5) is 0. The van der Waals surface area contributed by atoms with Crippen LogP contribution in [0.3, 0.4) is 0 Å². The predicted octanol–water partition coefficient (Wildman–Crippen LogP) is 1.23. The molecule has 0 bridgehead atoms. The summed E-state index contributed by atoms with van der Waals surface area (Å²) >= 11 is 0. The van der Waals surface area contributed by atoms with Crippen molar-refractivity contribution in [1.29, 1.82) is 0 Å². The molecule has 6 heteroatoms. The fraction of sp³-hybridized carbons (Fsp3) is 1.00. The van der Waals surface area contributed by atoms with Crippen molar-refractivity contribution in [2.75, 3.05) is 10.8 Å². The normalized spacial score (nSPS) is 11.8. The van der Waals surface area contributed by atoms with Crippen molar-refractivity contribution in [3.05, 3.63) is 0 Å². The molecule has 0 atom stereocenters. The molecule has 0 aliphatic rings. The summed E-state index contributed by atoms with van der Waals surface area (Å²) < 4.78 is 28.2. The fourth-order valence-corrected chi connectivity index (χ4v) is 3.31. The van der Waals surface area contributed by atoms with Gasteiger partial charge in [0.15, 0.2) is 0 Å². The smallest absolute Gasteiger partial charge is 0.275 e. The maximum Gasteiger partial charge on any atom is 0.275 e. The first-order chi connectivity index (χ1) is 4.06. The Labute approximate surface area is 62.7 Å². The van der Waals surface area contributed by atoms with Crippen LogP contribution in [0.1, 0.15) is 6.92 Å². The highest BCUT2D eigenvalue weighted by Crippen LogP contribution is 2.21. The highest BCUT2D eigenvalue weighted by Gasteiger charge is 2.02. The molecule has 0 heterocycles. The van der Waals surface area contributed by atoms with Crippen molar-refractivity contribution in [3.8, 4) is 0 Å². The molecule has 0 fully saturated rings. The Morgan fingerprint density at radius 2 is 2.00 bits per heavy atom. The lowest BCUT2D eigenvalue weighted by Gasteiger charge is -1.92.